The fourth-order valence-electron chi connectivity index (χ4n) is 2.67. The Morgan fingerprint density at radius 1 is 0.833 bits per heavy atom. The minimum Gasteiger partial charge on any atom is -1.00 e. The van der Waals surface area contributed by atoms with Gasteiger partial charge < -0.3 is 38.4 Å². The van der Waals surface area contributed by atoms with E-state index in [1.165, 1.54) is 70.9 Å². The topological polar surface area (TPSA) is 41.1 Å². The van der Waals surface area contributed by atoms with Gasteiger partial charge in [0, 0.05) is 6.42 Å². The smallest absolute Gasteiger partial charge is 0.343 e. The van der Waals surface area contributed by atoms with E-state index in [0.717, 1.165) is 17.0 Å². The molecule has 3 N–H and O–H groups in total. The number of nitrogens with zero attached hydrogens (tertiary/aromatic N) is 2. The summed E-state index contributed by atoms with van der Waals surface area (Å²) >= 11 is 0. The van der Waals surface area contributed by atoms with Crippen LogP contribution in [0.3, 0.4) is 0 Å². The number of hydrogen-bond donors (Lipinski definition) is 2. The lowest BCUT2D eigenvalue weighted by atomic mass is 10.1. The second-order valence-corrected chi connectivity index (χ2v) is 7.42. The van der Waals surface area contributed by atoms with Crippen LogP contribution >= 0.6 is 0 Å². The van der Waals surface area contributed by atoms with Gasteiger partial charge in [-0.05, 0) is 12.8 Å². The molecule has 0 saturated heterocycles. The molecule has 0 bridgehead atoms. The van der Waals surface area contributed by atoms with Crippen LogP contribution in [0.2, 0.25) is 0 Å². The average molecular weight is 474 g/mol. The van der Waals surface area contributed by atoms with Crippen molar-refractivity contribution in [3.8, 4) is 0 Å². The predicted octanol–water partition coefficient (Wildman–Crippen LogP) is -3.22. The summed E-state index contributed by atoms with van der Waals surface area (Å²) in [5.74, 6) is 0.758. The Balaban J connectivity index is -0.00000220. The van der Waals surface area contributed by atoms with E-state index in [1.54, 1.807) is 0 Å². The Morgan fingerprint density at radius 3 is 1.79 bits per heavy atom. The monoisotopic (exact) mass is 472 g/mol. The number of rotatable bonds is 13. The summed E-state index contributed by atoms with van der Waals surface area (Å²) in [5.41, 5.74) is 5.85. The van der Waals surface area contributed by atoms with Gasteiger partial charge in [0.05, 0.1) is 47.8 Å². The fraction of sp³-hybridized carbons (Fsp3) is 0.944. The van der Waals surface area contributed by atoms with Crippen LogP contribution in [0.4, 0.5) is 0 Å². The van der Waals surface area contributed by atoms with E-state index in [9.17, 15) is 0 Å². The van der Waals surface area contributed by atoms with Crippen LogP contribution in [0.1, 0.15) is 64.7 Å². The van der Waals surface area contributed by atoms with Crippen molar-refractivity contribution in [3.63, 3.8) is 0 Å². The summed E-state index contributed by atoms with van der Waals surface area (Å²) in [4.78, 5) is 0. The first-order valence-corrected chi connectivity index (χ1v) is 9.24. The van der Waals surface area contributed by atoms with Crippen LogP contribution in [0, 0.1) is 0 Å². The Morgan fingerprint density at radius 2 is 1.29 bits per heavy atom. The van der Waals surface area contributed by atoms with E-state index in [-0.39, 0.29) is 34.0 Å². The Hall–Kier alpha value is 0.190. The summed E-state index contributed by atoms with van der Waals surface area (Å²) in [6, 6.07) is 0. The van der Waals surface area contributed by atoms with Crippen molar-refractivity contribution in [2.75, 3.05) is 47.8 Å². The molecule has 148 valence electrons. The zero-order valence-corrected chi connectivity index (χ0v) is 19.9. The second-order valence-electron chi connectivity index (χ2n) is 7.42. The van der Waals surface area contributed by atoms with Crippen LogP contribution in [0.5, 0.6) is 0 Å². The number of halogens is 2. The van der Waals surface area contributed by atoms with Crippen molar-refractivity contribution in [3.05, 3.63) is 0 Å². The molecular weight excluding hydrogens is 432 g/mol. The van der Waals surface area contributed by atoms with Gasteiger partial charge in [-0.1, -0.05) is 45.4 Å². The first-order valence-electron chi connectivity index (χ1n) is 9.24. The third-order valence-electron chi connectivity index (χ3n) is 4.35. The molecule has 0 amide bonds. The summed E-state index contributed by atoms with van der Waals surface area (Å²) < 4.78 is 3.04. The number of quaternary nitrogens is 1. The predicted molar refractivity (Wildman–Crippen MR) is 98.4 cm³/mol. The van der Waals surface area contributed by atoms with Crippen molar-refractivity contribution in [2.24, 2.45) is 5.73 Å². The molecule has 0 aromatic carbocycles. The van der Waals surface area contributed by atoms with Crippen LogP contribution in [0.15, 0.2) is 0 Å². The molecule has 0 aliphatic rings. The van der Waals surface area contributed by atoms with E-state index in [1.807, 2.05) is 18.7 Å². The number of nitrogens with two attached hydrogens (primary N) is 1. The summed E-state index contributed by atoms with van der Waals surface area (Å²) in [5, 5.41) is 3.27. The molecule has 0 aromatic rings. The van der Waals surface area contributed by atoms with Gasteiger partial charge in [-0.15, -0.1) is 0 Å². The van der Waals surface area contributed by atoms with Crippen LogP contribution in [0.25, 0.3) is 0 Å². The molecule has 0 spiro atoms. The summed E-state index contributed by atoms with van der Waals surface area (Å²) in [7, 11) is 8.62. The molecule has 0 saturated carbocycles. The molecule has 0 fully saturated rings. The van der Waals surface area contributed by atoms with Crippen LogP contribution in [-0.4, -0.2) is 62.8 Å². The molecule has 0 heterocycles. The van der Waals surface area contributed by atoms with E-state index in [2.05, 4.69) is 26.3 Å². The van der Waals surface area contributed by atoms with Crippen molar-refractivity contribution < 1.29 is 43.0 Å². The molecule has 0 unspecified atom stereocenters. The minimum atomic E-state index is 0. The number of unbranched alkanes of at least 4 members (excludes halogenated alkanes) is 7. The Labute approximate surface area is 172 Å². The van der Waals surface area contributed by atoms with Crippen molar-refractivity contribution in [1.82, 2.24) is 5.32 Å². The van der Waals surface area contributed by atoms with Gasteiger partial charge >= 0.3 is 5.96 Å². The van der Waals surface area contributed by atoms with Gasteiger partial charge in [0.2, 0.25) is 0 Å². The maximum absolute atomic E-state index is 5.85. The highest BCUT2D eigenvalue weighted by atomic mass is 79.9. The third-order valence-corrected chi connectivity index (χ3v) is 4.35. The highest BCUT2D eigenvalue weighted by molar-refractivity contribution is 5.72. The normalized spacial score (nSPS) is 10.5. The maximum atomic E-state index is 5.85. The zero-order valence-electron chi connectivity index (χ0n) is 16.7. The largest absolute Gasteiger partial charge is 1.00 e. The highest BCUT2D eigenvalue weighted by Gasteiger charge is 2.14. The molecule has 4 nitrogen and oxygen atoms in total. The molecule has 0 atom stereocenters. The molecule has 0 aliphatic carbocycles. The quantitative estimate of drug-likeness (QED) is 0.0971. The van der Waals surface area contributed by atoms with Gasteiger partial charge in [0.15, 0.2) is 0 Å². The van der Waals surface area contributed by atoms with Gasteiger partial charge in [0.25, 0.3) is 0 Å². The van der Waals surface area contributed by atoms with Crippen molar-refractivity contribution in [2.45, 2.75) is 64.7 Å². The lowest BCUT2D eigenvalue weighted by Gasteiger charge is -2.29. The van der Waals surface area contributed by atoms with Gasteiger partial charge in [-0.25, -0.2) is 0 Å². The average Bonchev–Trinajstić information content (AvgIpc) is 2.46. The van der Waals surface area contributed by atoms with E-state index in [4.69, 9.17) is 5.73 Å². The van der Waals surface area contributed by atoms with Crippen molar-refractivity contribution >= 4 is 5.96 Å². The van der Waals surface area contributed by atoms with Crippen LogP contribution < -0.4 is 45.0 Å². The maximum Gasteiger partial charge on any atom is 0.343 e. The van der Waals surface area contributed by atoms with E-state index >= 15 is 0 Å². The highest BCUT2D eigenvalue weighted by Crippen LogP contribution is 2.10. The lowest BCUT2D eigenvalue weighted by Crippen LogP contribution is -3.00. The molecule has 24 heavy (non-hydrogen) atoms. The minimum absolute atomic E-state index is 0. The Bertz CT molecular complexity index is 303. The molecule has 6 heteroatoms. The Kier molecular flexibility index (Phi) is 21.7. The molecule has 0 aliphatic heterocycles. The molecule has 0 rings (SSSR count). The molecule has 0 aromatic heterocycles. The number of guanidine groups is 1. The van der Waals surface area contributed by atoms with Crippen LogP contribution in [-0.2, 0) is 0 Å². The van der Waals surface area contributed by atoms with E-state index < -0.39 is 0 Å². The first-order chi connectivity index (χ1) is 10.4. The van der Waals surface area contributed by atoms with Gasteiger partial charge in [-0.3, -0.25) is 15.6 Å². The standard InChI is InChI=1S/C18H41N4.2BrH/c1-6-7-8-9-10-11-12-13-16-22(4,5)17-14-15-20-18(19)21(2)3;;/h6-17H2,1-5H3,(H2,19,20);2*1H/q+1;;/p-1. The van der Waals surface area contributed by atoms with Gasteiger partial charge in [-0.2, -0.15) is 0 Å². The SMILES string of the molecule is CCCCCCCCCC[N+](C)(C)CCCNC(N)=[N+](C)C.[Br-].[Br-]. The first kappa shape index (κ1) is 29.0. The lowest BCUT2D eigenvalue weighted by molar-refractivity contribution is -0.890. The number of nitrogens with one attached hydrogen (secondary N) is 1. The summed E-state index contributed by atoms with van der Waals surface area (Å²) in [6.07, 6.45) is 12.4. The summed E-state index contributed by atoms with van der Waals surface area (Å²) in [6.45, 7) is 5.75. The van der Waals surface area contributed by atoms with Crippen molar-refractivity contribution in [1.29, 1.82) is 0 Å². The zero-order chi connectivity index (χ0) is 16.8. The molecule has 0 radical (unpaired) electrons. The fourth-order valence-corrected chi connectivity index (χ4v) is 2.67. The second kappa shape index (κ2) is 18.0. The number of hydrogen-bond acceptors (Lipinski definition) is 0. The van der Waals surface area contributed by atoms with E-state index in [0.29, 0.717) is 0 Å². The molecular formula is C18H42Br2N4. The third kappa shape index (κ3) is 18.5. The van der Waals surface area contributed by atoms with Gasteiger partial charge in [0.1, 0.15) is 0 Å².